The first-order valence-electron chi connectivity index (χ1n) is 10.2. The molecule has 2 aromatic heterocycles. The summed E-state index contributed by atoms with van der Waals surface area (Å²) in [5.41, 5.74) is 1.61. The van der Waals surface area contributed by atoms with Crippen LogP contribution < -0.4 is 10.2 Å². The number of amides is 1. The highest BCUT2D eigenvalue weighted by atomic mass is 32.1. The Morgan fingerprint density at radius 3 is 2.96 bits per heavy atom. The number of aromatic nitrogens is 3. The number of hydrogen-bond donors (Lipinski definition) is 1. The Labute approximate surface area is 164 Å². The SMILES string of the molecule is CCn1c(-c2cc3c(s2)CCCCC3)nnc1N1CCC2(CNC(=O)C2)C1. The molecule has 2 aromatic rings. The van der Waals surface area contributed by atoms with Gasteiger partial charge in [0, 0.05) is 42.9 Å². The van der Waals surface area contributed by atoms with Crippen LogP contribution in [0.25, 0.3) is 10.7 Å². The smallest absolute Gasteiger partial charge is 0.227 e. The van der Waals surface area contributed by atoms with Gasteiger partial charge in [-0.1, -0.05) is 6.42 Å². The zero-order valence-corrected chi connectivity index (χ0v) is 16.8. The second-order valence-corrected chi connectivity index (χ2v) is 9.45. The summed E-state index contributed by atoms with van der Waals surface area (Å²) in [5.74, 6) is 2.16. The molecule has 2 saturated heterocycles. The number of nitrogens with one attached hydrogen (secondary N) is 1. The van der Waals surface area contributed by atoms with Crippen molar-refractivity contribution in [2.75, 3.05) is 24.5 Å². The van der Waals surface area contributed by atoms with Gasteiger partial charge in [0.05, 0.1) is 4.88 Å². The number of nitrogens with zero attached hydrogens (tertiary/aromatic N) is 4. The van der Waals surface area contributed by atoms with Crippen molar-refractivity contribution in [2.45, 2.75) is 58.4 Å². The zero-order valence-electron chi connectivity index (χ0n) is 16.0. The maximum absolute atomic E-state index is 11.7. The molecule has 1 unspecified atom stereocenters. The Kier molecular flexibility index (Phi) is 4.22. The van der Waals surface area contributed by atoms with Crippen molar-refractivity contribution in [3.05, 3.63) is 16.5 Å². The summed E-state index contributed by atoms with van der Waals surface area (Å²) < 4.78 is 2.26. The van der Waals surface area contributed by atoms with Gasteiger partial charge in [-0.3, -0.25) is 9.36 Å². The van der Waals surface area contributed by atoms with E-state index >= 15 is 0 Å². The molecule has 0 saturated carbocycles. The third kappa shape index (κ3) is 2.96. The molecule has 3 aliphatic rings. The lowest BCUT2D eigenvalue weighted by Crippen LogP contribution is -2.30. The highest BCUT2D eigenvalue weighted by molar-refractivity contribution is 7.15. The molecule has 1 spiro atoms. The van der Waals surface area contributed by atoms with Crippen molar-refractivity contribution < 1.29 is 4.79 Å². The first-order chi connectivity index (χ1) is 13.2. The van der Waals surface area contributed by atoms with Gasteiger partial charge in [0.1, 0.15) is 0 Å². The zero-order chi connectivity index (χ0) is 18.4. The minimum atomic E-state index is 0.0854. The molecule has 144 valence electrons. The van der Waals surface area contributed by atoms with Crippen LogP contribution in [0.1, 0.15) is 49.5 Å². The van der Waals surface area contributed by atoms with Crippen LogP contribution in [0.2, 0.25) is 0 Å². The second kappa shape index (κ2) is 6.62. The lowest BCUT2D eigenvalue weighted by Gasteiger charge is -2.22. The van der Waals surface area contributed by atoms with Crippen LogP contribution in [-0.4, -0.2) is 40.3 Å². The highest BCUT2D eigenvalue weighted by Crippen LogP contribution is 2.40. The maximum atomic E-state index is 11.7. The molecule has 4 heterocycles. The number of hydrogen-bond acceptors (Lipinski definition) is 5. The van der Waals surface area contributed by atoms with Crippen molar-refractivity contribution >= 4 is 23.2 Å². The third-order valence-corrected chi connectivity index (χ3v) is 7.66. The Bertz CT molecular complexity index is 848. The van der Waals surface area contributed by atoms with Crippen LogP contribution >= 0.6 is 11.3 Å². The number of anilines is 1. The average molecular weight is 386 g/mol. The predicted octanol–water partition coefficient (Wildman–Crippen LogP) is 3.01. The normalized spacial score (nSPS) is 25.1. The van der Waals surface area contributed by atoms with Gasteiger partial charge in [-0.05, 0) is 50.7 Å². The van der Waals surface area contributed by atoms with Crippen LogP contribution in [-0.2, 0) is 24.2 Å². The maximum Gasteiger partial charge on any atom is 0.227 e. The molecule has 1 N–H and O–H groups in total. The topological polar surface area (TPSA) is 63.1 Å². The molecule has 1 atom stereocenters. The molecule has 0 radical (unpaired) electrons. The molecule has 6 nitrogen and oxygen atoms in total. The summed E-state index contributed by atoms with van der Waals surface area (Å²) in [7, 11) is 0. The molecule has 1 amide bonds. The quantitative estimate of drug-likeness (QED) is 0.825. The van der Waals surface area contributed by atoms with Crippen molar-refractivity contribution in [2.24, 2.45) is 5.41 Å². The molecular weight excluding hydrogens is 358 g/mol. The van der Waals surface area contributed by atoms with Gasteiger partial charge in [0.15, 0.2) is 5.82 Å². The van der Waals surface area contributed by atoms with E-state index in [2.05, 4.69) is 38.0 Å². The first kappa shape index (κ1) is 17.2. The fraction of sp³-hybridized carbons (Fsp3) is 0.650. The number of rotatable bonds is 3. The minimum absolute atomic E-state index is 0.0854. The summed E-state index contributed by atoms with van der Waals surface area (Å²) in [6, 6.07) is 2.36. The van der Waals surface area contributed by atoms with Crippen LogP contribution in [0, 0.1) is 5.41 Å². The van der Waals surface area contributed by atoms with Gasteiger partial charge in [0.25, 0.3) is 0 Å². The van der Waals surface area contributed by atoms with Crippen molar-refractivity contribution in [3.63, 3.8) is 0 Å². The van der Waals surface area contributed by atoms with E-state index in [1.54, 1.807) is 4.88 Å². The van der Waals surface area contributed by atoms with E-state index in [0.29, 0.717) is 6.42 Å². The Balaban J connectivity index is 1.43. The molecule has 0 bridgehead atoms. The Morgan fingerprint density at radius 2 is 2.15 bits per heavy atom. The van der Waals surface area contributed by atoms with Gasteiger partial charge >= 0.3 is 0 Å². The van der Waals surface area contributed by atoms with Gasteiger partial charge in [-0.15, -0.1) is 21.5 Å². The fourth-order valence-corrected chi connectivity index (χ4v) is 6.17. The van der Waals surface area contributed by atoms with E-state index in [1.165, 1.54) is 42.5 Å². The van der Waals surface area contributed by atoms with Crippen molar-refractivity contribution in [1.29, 1.82) is 0 Å². The first-order valence-corrected chi connectivity index (χ1v) is 11.1. The standard InChI is InChI=1S/C20H27N5OS/c1-2-25-18(16-10-14-6-4-3-5-7-15(14)27-16)22-23-19(25)24-9-8-20(13-24)11-17(26)21-12-20/h10H,2-9,11-13H2,1H3,(H,21,26). The van der Waals surface area contributed by atoms with E-state index in [0.717, 1.165) is 44.4 Å². The molecule has 7 heteroatoms. The van der Waals surface area contributed by atoms with Crippen LogP contribution in [0.15, 0.2) is 6.07 Å². The summed E-state index contributed by atoms with van der Waals surface area (Å²) in [4.78, 5) is 16.9. The van der Waals surface area contributed by atoms with E-state index < -0.39 is 0 Å². The summed E-state index contributed by atoms with van der Waals surface area (Å²) in [6.07, 6.45) is 8.06. The van der Waals surface area contributed by atoms with E-state index in [4.69, 9.17) is 0 Å². The molecule has 5 rings (SSSR count). The monoisotopic (exact) mass is 385 g/mol. The number of carbonyl (C=O) groups is 1. The minimum Gasteiger partial charge on any atom is -0.355 e. The average Bonchev–Trinajstić information content (AvgIpc) is 3.41. The van der Waals surface area contributed by atoms with Crippen molar-refractivity contribution in [3.8, 4) is 10.7 Å². The lowest BCUT2D eigenvalue weighted by atomic mass is 9.86. The number of fused-ring (bicyclic) bond motifs is 1. The molecule has 0 aromatic carbocycles. The molecule has 1 aliphatic carbocycles. The number of carbonyl (C=O) groups excluding carboxylic acids is 1. The summed E-state index contributed by atoms with van der Waals surface area (Å²) in [6.45, 7) is 5.67. The number of aryl methyl sites for hydroxylation is 2. The van der Waals surface area contributed by atoms with Gasteiger partial charge in [-0.25, -0.2) is 0 Å². The largest absolute Gasteiger partial charge is 0.355 e. The predicted molar refractivity (Wildman–Crippen MR) is 107 cm³/mol. The lowest BCUT2D eigenvalue weighted by molar-refractivity contribution is -0.119. The highest BCUT2D eigenvalue weighted by Gasteiger charge is 2.45. The van der Waals surface area contributed by atoms with Crippen LogP contribution in [0.5, 0.6) is 0 Å². The Hall–Kier alpha value is -1.89. The summed E-state index contributed by atoms with van der Waals surface area (Å²) >= 11 is 1.91. The van der Waals surface area contributed by atoms with E-state index in [1.807, 2.05) is 11.3 Å². The van der Waals surface area contributed by atoms with Gasteiger partial charge in [-0.2, -0.15) is 0 Å². The van der Waals surface area contributed by atoms with Gasteiger partial charge < -0.3 is 10.2 Å². The van der Waals surface area contributed by atoms with Crippen LogP contribution in [0.3, 0.4) is 0 Å². The summed E-state index contributed by atoms with van der Waals surface area (Å²) in [5, 5.41) is 12.2. The molecule has 2 aliphatic heterocycles. The Morgan fingerprint density at radius 1 is 1.26 bits per heavy atom. The molecule has 2 fully saturated rings. The van der Waals surface area contributed by atoms with Gasteiger partial charge in [0.2, 0.25) is 11.9 Å². The number of thiophene rings is 1. The third-order valence-electron chi connectivity index (χ3n) is 6.43. The molecule has 27 heavy (non-hydrogen) atoms. The van der Waals surface area contributed by atoms with Crippen LogP contribution in [0.4, 0.5) is 5.95 Å². The van der Waals surface area contributed by atoms with E-state index in [-0.39, 0.29) is 11.3 Å². The molecular formula is C20H27N5OS. The van der Waals surface area contributed by atoms with Crippen molar-refractivity contribution in [1.82, 2.24) is 20.1 Å². The van der Waals surface area contributed by atoms with E-state index in [9.17, 15) is 4.79 Å². The fourth-order valence-electron chi connectivity index (χ4n) is 4.93. The second-order valence-electron chi connectivity index (χ2n) is 8.31.